The summed E-state index contributed by atoms with van der Waals surface area (Å²) < 4.78 is 5.06. The summed E-state index contributed by atoms with van der Waals surface area (Å²) in [5, 5.41) is 51.9. The minimum absolute atomic E-state index is 0.231. The van der Waals surface area contributed by atoms with E-state index in [1.807, 2.05) is 36.4 Å². The van der Waals surface area contributed by atoms with Gasteiger partial charge in [-0.1, -0.05) is 43.5 Å². The second-order valence-electron chi connectivity index (χ2n) is 9.50. The fourth-order valence-electron chi connectivity index (χ4n) is 4.48. The van der Waals surface area contributed by atoms with E-state index in [4.69, 9.17) is 9.84 Å². The summed E-state index contributed by atoms with van der Waals surface area (Å²) in [5.41, 5.74) is 1.85. The molecule has 0 saturated carbocycles. The molecule has 1 aliphatic heterocycles. The molecule has 6 N–H and O–H groups in total. The van der Waals surface area contributed by atoms with E-state index in [-0.39, 0.29) is 18.1 Å². The van der Waals surface area contributed by atoms with Crippen molar-refractivity contribution in [2.24, 2.45) is 0 Å². The molecular formula is C27H39N3O7. The van der Waals surface area contributed by atoms with Gasteiger partial charge in [-0.05, 0) is 37.6 Å². The molecule has 0 radical (unpaired) electrons. The molecule has 0 aliphatic carbocycles. The van der Waals surface area contributed by atoms with Gasteiger partial charge in [0.25, 0.3) is 0 Å². The summed E-state index contributed by atoms with van der Waals surface area (Å²) >= 11 is 0. The first-order valence-corrected chi connectivity index (χ1v) is 12.9. The Morgan fingerprint density at radius 2 is 1.68 bits per heavy atom. The van der Waals surface area contributed by atoms with Crippen LogP contribution in [0.4, 0.5) is 0 Å². The number of aromatic hydroxyl groups is 1. The summed E-state index contributed by atoms with van der Waals surface area (Å²) in [6, 6.07) is 12.0. The molecule has 10 heteroatoms. The van der Waals surface area contributed by atoms with Crippen LogP contribution in [0.25, 0.3) is 0 Å². The Bertz CT molecular complexity index is 949. The zero-order valence-electron chi connectivity index (χ0n) is 21.0. The Morgan fingerprint density at radius 3 is 2.41 bits per heavy atom. The molecular weight excluding hydrogens is 478 g/mol. The summed E-state index contributed by atoms with van der Waals surface area (Å²) in [6.45, 7) is 1.61. The van der Waals surface area contributed by atoms with Gasteiger partial charge in [0.2, 0.25) is 5.91 Å². The highest BCUT2D eigenvalue weighted by Gasteiger charge is 2.44. The molecule has 1 unspecified atom stereocenters. The lowest BCUT2D eigenvalue weighted by Crippen LogP contribution is -2.64. The number of pyridine rings is 1. The second-order valence-corrected chi connectivity index (χ2v) is 9.50. The lowest BCUT2D eigenvalue weighted by atomic mass is 9.97. The van der Waals surface area contributed by atoms with Crippen LogP contribution in [-0.4, -0.2) is 85.1 Å². The molecule has 1 aromatic heterocycles. The Morgan fingerprint density at radius 1 is 0.946 bits per heavy atom. The Balaban J connectivity index is 1.36. The van der Waals surface area contributed by atoms with Crippen LogP contribution in [0, 0.1) is 0 Å². The topological polar surface area (TPSA) is 156 Å². The number of phenolic OH excluding ortho intramolecular Hbond substituents is 1. The van der Waals surface area contributed by atoms with Gasteiger partial charge in [-0.2, -0.15) is 0 Å². The van der Waals surface area contributed by atoms with Crippen molar-refractivity contribution in [1.29, 1.82) is 0 Å². The molecule has 2 heterocycles. The number of hydrogen-bond acceptors (Lipinski definition) is 9. The van der Waals surface area contributed by atoms with Crippen molar-refractivity contribution in [3.8, 4) is 5.75 Å². The standard InChI is InChI=1S/C27H39N3O7/c31-18-22-25(34)26(35)24(27(36)37-22)29-23(33)13-4-2-1-3-9-15-30(17-20-11-7-8-14-28-20)16-19-10-5-6-12-21(19)32/h5-8,10-12,14,22,24-27,31-32,34-36H,1-4,9,13,15-18H2,(H,29,33)/t22-,24-,25-,26-,27?/m1/s1. The largest absolute Gasteiger partial charge is 0.508 e. The molecule has 0 bridgehead atoms. The number of carbonyl (C=O) groups is 1. The number of rotatable bonds is 14. The van der Waals surface area contributed by atoms with E-state index in [0.717, 1.165) is 43.5 Å². The van der Waals surface area contributed by atoms with Crippen LogP contribution in [0.5, 0.6) is 5.75 Å². The lowest BCUT2D eigenvalue weighted by molar-refractivity contribution is -0.253. The third-order valence-electron chi connectivity index (χ3n) is 6.60. The van der Waals surface area contributed by atoms with Gasteiger partial charge in [0, 0.05) is 31.3 Å². The fourth-order valence-corrected chi connectivity index (χ4v) is 4.48. The molecule has 1 saturated heterocycles. The van der Waals surface area contributed by atoms with Crippen LogP contribution in [0.2, 0.25) is 0 Å². The van der Waals surface area contributed by atoms with E-state index in [0.29, 0.717) is 19.5 Å². The van der Waals surface area contributed by atoms with Crippen molar-refractivity contribution in [3.05, 3.63) is 59.9 Å². The second kappa shape index (κ2) is 15.0. The number of nitrogens with one attached hydrogen (secondary N) is 1. The van der Waals surface area contributed by atoms with Gasteiger partial charge in [0.1, 0.15) is 30.1 Å². The molecule has 0 spiro atoms. The molecule has 1 amide bonds. The van der Waals surface area contributed by atoms with Crippen LogP contribution in [-0.2, 0) is 22.6 Å². The van der Waals surface area contributed by atoms with E-state index in [1.165, 1.54) is 0 Å². The van der Waals surface area contributed by atoms with Crippen molar-refractivity contribution in [2.75, 3.05) is 13.2 Å². The highest BCUT2D eigenvalue weighted by molar-refractivity contribution is 5.76. The van der Waals surface area contributed by atoms with E-state index in [2.05, 4.69) is 15.2 Å². The molecule has 3 rings (SSSR count). The van der Waals surface area contributed by atoms with Crippen molar-refractivity contribution >= 4 is 5.91 Å². The number of carbonyl (C=O) groups excluding carboxylic acids is 1. The van der Waals surface area contributed by atoms with Gasteiger partial charge in [-0.15, -0.1) is 0 Å². The molecule has 1 fully saturated rings. The van der Waals surface area contributed by atoms with Gasteiger partial charge in [-0.3, -0.25) is 14.7 Å². The van der Waals surface area contributed by atoms with Crippen LogP contribution in [0.15, 0.2) is 48.7 Å². The number of nitrogens with zero attached hydrogens (tertiary/aromatic N) is 2. The normalized spacial score (nSPS) is 23.8. The number of amides is 1. The fraction of sp³-hybridized carbons (Fsp3) is 0.556. The number of unbranched alkanes of at least 4 members (excludes halogenated alkanes) is 4. The van der Waals surface area contributed by atoms with Gasteiger partial charge >= 0.3 is 0 Å². The number of benzene rings is 1. The maximum atomic E-state index is 12.3. The predicted molar refractivity (Wildman–Crippen MR) is 136 cm³/mol. The van der Waals surface area contributed by atoms with Crippen molar-refractivity contribution in [3.63, 3.8) is 0 Å². The predicted octanol–water partition coefficient (Wildman–Crippen LogP) is 1.05. The van der Waals surface area contributed by atoms with Crippen molar-refractivity contribution in [2.45, 2.75) is 82.3 Å². The van der Waals surface area contributed by atoms with Gasteiger partial charge < -0.3 is 35.6 Å². The number of aliphatic hydroxyl groups excluding tert-OH is 4. The SMILES string of the molecule is O=C(CCCCCCCN(Cc1ccccn1)Cc1ccccc1O)N[C@H]1C(O)O[C@H](CO)[C@@H](O)[C@@H]1O. The average Bonchev–Trinajstić information content (AvgIpc) is 2.90. The van der Waals surface area contributed by atoms with Crippen molar-refractivity contribution < 1.29 is 35.1 Å². The number of aliphatic hydroxyl groups is 4. The first-order chi connectivity index (χ1) is 17.9. The third-order valence-corrected chi connectivity index (χ3v) is 6.60. The first kappa shape index (κ1) is 29.0. The van der Waals surface area contributed by atoms with Crippen LogP contribution in [0.1, 0.15) is 49.8 Å². The van der Waals surface area contributed by atoms with Crippen LogP contribution >= 0.6 is 0 Å². The quantitative estimate of drug-likeness (QED) is 0.202. The lowest BCUT2D eigenvalue weighted by Gasteiger charge is -2.40. The molecule has 10 nitrogen and oxygen atoms in total. The summed E-state index contributed by atoms with van der Waals surface area (Å²) in [7, 11) is 0. The maximum absolute atomic E-state index is 12.3. The highest BCUT2D eigenvalue weighted by atomic mass is 16.6. The summed E-state index contributed by atoms with van der Waals surface area (Å²) in [4.78, 5) is 19.0. The van der Waals surface area contributed by atoms with Gasteiger partial charge in [0.15, 0.2) is 6.29 Å². The Hall–Kier alpha value is -2.60. The van der Waals surface area contributed by atoms with E-state index < -0.39 is 37.3 Å². The Kier molecular flexibility index (Phi) is 11.7. The monoisotopic (exact) mass is 517 g/mol. The number of hydrogen-bond donors (Lipinski definition) is 6. The summed E-state index contributed by atoms with van der Waals surface area (Å²) in [5.74, 6) is -0.0556. The Labute approximate surface area is 217 Å². The minimum Gasteiger partial charge on any atom is -0.508 e. The van der Waals surface area contributed by atoms with E-state index in [1.54, 1.807) is 12.3 Å². The third kappa shape index (κ3) is 9.03. The molecule has 204 valence electrons. The van der Waals surface area contributed by atoms with Gasteiger partial charge in [-0.25, -0.2) is 0 Å². The molecule has 1 aliphatic rings. The number of ether oxygens (including phenoxy) is 1. The number of phenols is 1. The van der Waals surface area contributed by atoms with E-state index in [9.17, 15) is 25.2 Å². The smallest absolute Gasteiger partial charge is 0.220 e. The molecule has 5 atom stereocenters. The molecule has 1 aromatic carbocycles. The van der Waals surface area contributed by atoms with Crippen LogP contribution < -0.4 is 5.32 Å². The zero-order valence-corrected chi connectivity index (χ0v) is 21.0. The highest BCUT2D eigenvalue weighted by Crippen LogP contribution is 2.21. The summed E-state index contributed by atoms with van der Waals surface area (Å²) in [6.07, 6.45) is 0.988. The van der Waals surface area contributed by atoms with Crippen LogP contribution in [0.3, 0.4) is 0 Å². The van der Waals surface area contributed by atoms with E-state index >= 15 is 0 Å². The average molecular weight is 518 g/mol. The zero-order chi connectivity index (χ0) is 26.6. The minimum atomic E-state index is -1.51. The molecule has 37 heavy (non-hydrogen) atoms. The van der Waals surface area contributed by atoms with Crippen molar-refractivity contribution in [1.82, 2.24) is 15.2 Å². The van der Waals surface area contributed by atoms with Gasteiger partial charge in [0.05, 0.1) is 12.3 Å². The first-order valence-electron chi connectivity index (χ1n) is 12.9. The number of aromatic nitrogens is 1. The molecule has 2 aromatic rings. The maximum Gasteiger partial charge on any atom is 0.220 e. The number of para-hydroxylation sites is 1.